The second-order valence-electron chi connectivity index (χ2n) is 5.78. The molecule has 1 N–H and O–H groups in total. The highest BCUT2D eigenvalue weighted by atomic mass is 32.2. The Morgan fingerprint density at radius 2 is 2.19 bits per heavy atom. The van der Waals surface area contributed by atoms with Crippen molar-refractivity contribution in [1.29, 1.82) is 0 Å². The van der Waals surface area contributed by atoms with Crippen molar-refractivity contribution in [3.8, 4) is 0 Å². The highest BCUT2D eigenvalue weighted by Crippen LogP contribution is 2.27. The first-order valence-electron chi connectivity index (χ1n) is 8.20. The summed E-state index contributed by atoms with van der Waals surface area (Å²) in [6, 6.07) is 6.16. The molecule has 0 aliphatic rings. The van der Waals surface area contributed by atoms with Crippen molar-refractivity contribution in [3.63, 3.8) is 0 Å². The van der Waals surface area contributed by atoms with E-state index in [-0.39, 0.29) is 0 Å². The van der Waals surface area contributed by atoms with Gasteiger partial charge in [-0.15, -0.1) is 16.8 Å². The van der Waals surface area contributed by atoms with Crippen molar-refractivity contribution in [2.45, 2.75) is 30.6 Å². The molecule has 1 atom stereocenters. The first-order chi connectivity index (χ1) is 12.8. The van der Waals surface area contributed by atoms with Gasteiger partial charge in [-0.3, -0.25) is 14.4 Å². The number of nitrogens with one attached hydrogen (secondary N) is 1. The number of aryl methyl sites for hydroxylation is 1. The van der Waals surface area contributed by atoms with E-state index >= 15 is 0 Å². The molecule has 7 nitrogen and oxygen atoms in total. The van der Waals surface area contributed by atoms with E-state index in [1.54, 1.807) is 31.2 Å². The molecule has 0 spiro atoms. The van der Waals surface area contributed by atoms with E-state index in [4.69, 9.17) is 0 Å². The number of carbonyl (C=O) groups excluding carboxylic acids is 1. The van der Waals surface area contributed by atoms with Crippen LogP contribution in [0.2, 0.25) is 0 Å². The van der Waals surface area contributed by atoms with Crippen molar-refractivity contribution in [1.82, 2.24) is 10.2 Å². The lowest BCUT2D eigenvalue weighted by Crippen LogP contribution is -2.47. The zero-order valence-corrected chi connectivity index (χ0v) is 17.8. The van der Waals surface area contributed by atoms with E-state index in [9.17, 15) is 13.2 Å². The number of aromatic nitrogens is 2. The van der Waals surface area contributed by atoms with E-state index in [2.05, 4.69) is 22.1 Å². The summed E-state index contributed by atoms with van der Waals surface area (Å²) in [6.45, 7) is 7.28. The molecule has 27 heavy (non-hydrogen) atoms. The molecule has 0 saturated heterocycles. The number of nitrogens with zero attached hydrogens (tertiary/aromatic N) is 3. The number of hydrogen-bond donors (Lipinski definition) is 1. The maximum atomic E-state index is 12.8. The van der Waals surface area contributed by atoms with E-state index in [1.165, 1.54) is 23.1 Å². The number of thioether (sulfide) groups is 1. The number of amides is 1. The largest absolute Gasteiger partial charge is 0.299 e. The predicted octanol–water partition coefficient (Wildman–Crippen LogP) is 3.31. The van der Waals surface area contributed by atoms with Gasteiger partial charge in [0.1, 0.15) is 6.04 Å². The molecular weight excluding hydrogens is 404 g/mol. The summed E-state index contributed by atoms with van der Waals surface area (Å²) >= 11 is 2.70. The maximum Gasteiger partial charge on any atom is 0.250 e. The van der Waals surface area contributed by atoms with Gasteiger partial charge in [0, 0.05) is 5.75 Å². The SMILES string of the molecule is C=CCSc1nnc(NC(=O)C(CC)N(c2cccc(C)c2)S(C)(=O)=O)s1. The van der Waals surface area contributed by atoms with Crippen LogP contribution in [0, 0.1) is 6.92 Å². The Balaban J connectivity index is 2.26. The zero-order valence-electron chi connectivity index (χ0n) is 15.4. The van der Waals surface area contributed by atoms with Gasteiger partial charge in [-0.05, 0) is 31.0 Å². The lowest BCUT2D eigenvalue weighted by atomic mass is 10.1. The molecule has 0 saturated carbocycles. The normalized spacial score (nSPS) is 12.4. The van der Waals surface area contributed by atoms with Crippen LogP contribution in [0.5, 0.6) is 0 Å². The molecule has 0 aliphatic heterocycles. The molecule has 0 aliphatic carbocycles. The molecular formula is C17H22N4O3S3. The van der Waals surface area contributed by atoms with Gasteiger partial charge in [-0.25, -0.2) is 8.42 Å². The third-order valence-electron chi connectivity index (χ3n) is 3.55. The standard InChI is InChI=1S/C17H22N4O3S3/c1-5-10-25-17-20-19-16(26-17)18-15(22)14(6-2)21(27(4,23)24)13-9-7-8-12(3)11-13/h5,7-9,11,14H,1,6,10H2,2-4H3,(H,18,19,22). The van der Waals surface area contributed by atoms with Crippen molar-refractivity contribution in [2.24, 2.45) is 0 Å². The van der Waals surface area contributed by atoms with E-state index in [0.717, 1.165) is 16.1 Å². The van der Waals surface area contributed by atoms with Crippen molar-refractivity contribution < 1.29 is 13.2 Å². The predicted molar refractivity (Wildman–Crippen MR) is 112 cm³/mol. The second kappa shape index (κ2) is 9.34. The van der Waals surface area contributed by atoms with Crippen LogP contribution in [0.3, 0.4) is 0 Å². The minimum atomic E-state index is -3.67. The minimum Gasteiger partial charge on any atom is -0.299 e. The minimum absolute atomic E-state index is 0.309. The molecule has 1 aromatic heterocycles. The highest BCUT2D eigenvalue weighted by molar-refractivity contribution is 8.01. The topological polar surface area (TPSA) is 92.3 Å². The fraction of sp³-hybridized carbons (Fsp3) is 0.353. The smallest absolute Gasteiger partial charge is 0.250 e. The van der Waals surface area contributed by atoms with Crippen LogP contribution in [-0.2, 0) is 14.8 Å². The molecule has 1 amide bonds. The molecule has 2 rings (SSSR count). The zero-order chi connectivity index (χ0) is 20.0. The third-order valence-corrected chi connectivity index (χ3v) is 6.69. The van der Waals surface area contributed by atoms with Gasteiger partial charge in [0.25, 0.3) is 0 Å². The van der Waals surface area contributed by atoms with Gasteiger partial charge in [0.2, 0.25) is 21.1 Å². The Morgan fingerprint density at radius 1 is 1.44 bits per heavy atom. The first kappa shape index (κ1) is 21.4. The van der Waals surface area contributed by atoms with Crippen LogP contribution in [0.25, 0.3) is 0 Å². The van der Waals surface area contributed by atoms with Crippen LogP contribution in [0.1, 0.15) is 18.9 Å². The molecule has 1 heterocycles. The Labute approximate surface area is 167 Å². The highest BCUT2D eigenvalue weighted by Gasteiger charge is 2.32. The van der Waals surface area contributed by atoms with Gasteiger partial charge < -0.3 is 0 Å². The Bertz CT molecular complexity index is 912. The summed E-state index contributed by atoms with van der Waals surface area (Å²) in [6.07, 6.45) is 3.16. The Morgan fingerprint density at radius 3 is 2.78 bits per heavy atom. The number of carbonyl (C=O) groups is 1. The summed E-state index contributed by atoms with van der Waals surface area (Å²) < 4.78 is 26.7. The maximum absolute atomic E-state index is 12.8. The fourth-order valence-electron chi connectivity index (χ4n) is 2.46. The van der Waals surface area contributed by atoms with E-state index < -0.39 is 22.0 Å². The van der Waals surface area contributed by atoms with E-state index in [0.29, 0.717) is 27.3 Å². The molecule has 1 aromatic carbocycles. The molecule has 0 bridgehead atoms. The molecule has 2 aromatic rings. The average molecular weight is 427 g/mol. The summed E-state index contributed by atoms with van der Waals surface area (Å²) in [5, 5.41) is 11.0. The van der Waals surface area contributed by atoms with Crippen molar-refractivity contribution >= 4 is 49.8 Å². The van der Waals surface area contributed by atoms with Crippen molar-refractivity contribution in [3.05, 3.63) is 42.5 Å². The van der Waals surface area contributed by atoms with Crippen LogP contribution in [0.15, 0.2) is 41.3 Å². The van der Waals surface area contributed by atoms with Crippen LogP contribution >= 0.6 is 23.1 Å². The number of sulfonamides is 1. The summed E-state index contributed by atoms with van der Waals surface area (Å²) in [5.74, 6) is 0.246. The fourth-order valence-corrected chi connectivity index (χ4v) is 5.18. The van der Waals surface area contributed by atoms with Gasteiger partial charge in [0.05, 0.1) is 11.9 Å². The number of benzene rings is 1. The third kappa shape index (κ3) is 5.78. The van der Waals surface area contributed by atoms with Gasteiger partial charge in [0.15, 0.2) is 4.34 Å². The first-order valence-corrected chi connectivity index (χ1v) is 11.9. The summed E-state index contributed by atoms with van der Waals surface area (Å²) in [4.78, 5) is 12.8. The van der Waals surface area contributed by atoms with E-state index in [1.807, 2.05) is 13.0 Å². The van der Waals surface area contributed by atoms with Crippen molar-refractivity contribution in [2.75, 3.05) is 21.6 Å². The average Bonchev–Trinajstić information content (AvgIpc) is 3.03. The lowest BCUT2D eigenvalue weighted by molar-refractivity contribution is -0.117. The monoisotopic (exact) mass is 426 g/mol. The molecule has 1 unspecified atom stereocenters. The van der Waals surface area contributed by atoms with Crippen LogP contribution < -0.4 is 9.62 Å². The molecule has 0 radical (unpaired) electrons. The second-order valence-corrected chi connectivity index (χ2v) is 9.89. The number of hydrogen-bond acceptors (Lipinski definition) is 7. The van der Waals surface area contributed by atoms with Gasteiger partial charge in [-0.1, -0.05) is 48.2 Å². The summed E-state index contributed by atoms with van der Waals surface area (Å²) in [7, 11) is -3.67. The molecule has 146 valence electrons. The Hall–Kier alpha value is -1.91. The van der Waals surface area contributed by atoms with Gasteiger partial charge >= 0.3 is 0 Å². The lowest BCUT2D eigenvalue weighted by Gasteiger charge is -2.30. The number of anilines is 2. The Kier molecular flexibility index (Phi) is 7.40. The van der Waals surface area contributed by atoms with Crippen LogP contribution in [-0.4, -0.2) is 42.6 Å². The van der Waals surface area contributed by atoms with Crippen LogP contribution in [0.4, 0.5) is 10.8 Å². The molecule has 10 heteroatoms. The number of rotatable bonds is 9. The quantitative estimate of drug-likeness (QED) is 0.376. The van der Waals surface area contributed by atoms with Gasteiger partial charge in [-0.2, -0.15) is 0 Å². The summed E-state index contributed by atoms with van der Waals surface area (Å²) in [5.41, 5.74) is 1.36. The molecule has 0 fully saturated rings.